The van der Waals surface area contributed by atoms with Crippen LogP contribution in [0.2, 0.25) is 0 Å². The molecule has 0 aliphatic heterocycles. The lowest BCUT2D eigenvalue weighted by atomic mass is 10.2. The summed E-state index contributed by atoms with van der Waals surface area (Å²) in [6, 6.07) is 14.8. The number of anilines is 1. The first-order valence-electron chi connectivity index (χ1n) is 5.36. The minimum atomic E-state index is 0.388. The van der Waals surface area contributed by atoms with Crippen molar-refractivity contribution >= 4 is 21.6 Å². The molecule has 3 nitrogen and oxygen atoms in total. The fraction of sp³-hybridized carbons (Fsp3) is 0.0714. The zero-order valence-electron chi connectivity index (χ0n) is 9.56. The summed E-state index contributed by atoms with van der Waals surface area (Å²) in [7, 11) is 0. The van der Waals surface area contributed by atoms with Gasteiger partial charge in [-0.05, 0) is 24.3 Å². The Balaban J connectivity index is 2.14. The van der Waals surface area contributed by atoms with Crippen molar-refractivity contribution < 1.29 is 4.74 Å². The summed E-state index contributed by atoms with van der Waals surface area (Å²) in [5, 5.41) is 8.95. The lowest BCUT2D eigenvalue weighted by Crippen LogP contribution is -1.98. The van der Waals surface area contributed by atoms with Gasteiger partial charge in [0.15, 0.2) is 0 Å². The molecule has 0 unspecified atom stereocenters. The molecular weight excluding hydrogens is 292 g/mol. The van der Waals surface area contributed by atoms with E-state index in [9.17, 15) is 0 Å². The van der Waals surface area contributed by atoms with Crippen LogP contribution in [0.15, 0.2) is 46.9 Å². The summed E-state index contributed by atoms with van der Waals surface area (Å²) in [4.78, 5) is 0. The van der Waals surface area contributed by atoms with Gasteiger partial charge in [0, 0.05) is 15.7 Å². The third kappa shape index (κ3) is 2.82. The Kier molecular flexibility index (Phi) is 3.85. The topological polar surface area (TPSA) is 59.0 Å². The number of hydrogen-bond donors (Lipinski definition) is 1. The van der Waals surface area contributed by atoms with Gasteiger partial charge in [0.2, 0.25) is 0 Å². The van der Waals surface area contributed by atoms with Crippen LogP contribution < -0.4 is 10.5 Å². The molecule has 0 aromatic heterocycles. The highest BCUT2D eigenvalue weighted by molar-refractivity contribution is 9.10. The summed E-state index contributed by atoms with van der Waals surface area (Å²) in [6.45, 7) is 0.388. The third-order valence-corrected chi connectivity index (χ3v) is 3.21. The average molecular weight is 303 g/mol. The van der Waals surface area contributed by atoms with E-state index in [1.807, 2.05) is 30.3 Å². The molecule has 0 saturated carbocycles. The maximum absolute atomic E-state index is 8.95. The van der Waals surface area contributed by atoms with Gasteiger partial charge in [0.05, 0.1) is 5.56 Å². The molecule has 2 aromatic carbocycles. The standard InChI is InChI=1S/C14H11BrN2O/c15-13-7-12(17)6-5-11(13)9-18-14-4-2-1-3-10(14)8-16/h1-7H,9,17H2. The van der Waals surface area contributed by atoms with Gasteiger partial charge >= 0.3 is 0 Å². The second-order valence-corrected chi connectivity index (χ2v) is 4.60. The summed E-state index contributed by atoms with van der Waals surface area (Å²) in [6.07, 6.45) is 0. The van der Waals surface area contributed by atoms with Crippen LogP contribution in [-0.4, -0.2) is 0 Å². The number of nitriles is 1. The second kappa shape index (κ2) is 5.56. The van der Waals surface area contributed by atoms with Crippen LogP contribution in [0.3, 0.4) is 0 Å². The maximum Gasteiger partial charge on any atom is 0.137 e. The van der Waals surface area contributed by atoms with Crippen LogP contribution in [0.5, 0.6) is 5.75 Å². The largest absolute Gasteiger partial charge is 0.487 e. The lowest BCUT2D eigenvalue weighted by molar-refractivity contribution is 0.304. The molecule has 0 amide bonds. The predicted octanol–water partition coefficient (Wildman–Crippen LogP) is 3.48. The zero-order chi connectivity index (χ0) is 13.0. The highest BCUT2D eigenvalue weighted by atomic mass is 79.9. The first-order valence-corrected chi connectivity index (χ1v) is 6.16. The number of hydrogen-bond acceptors (Lipinski definition) is 3. The average Bonchev–Trinajstić information content (AvgIpc) is 2.38. The quantitative estimate of drug-likeness (QED) is 0.883. The first kappa shape index (κ1) is 12.5. The Morgan fingerprint density at radius 1 is 1.22 bits per heavy atom. The Hall–Kier alpha value is -1.99. The maximum atomic E-state index is 8.95. The van der Waals surface area contributed by atoms with Gasteiger partial charge < -0.3 is 10.5 Å². The van der Waals surface area contributed by atoms with Crippen molar-refractivity contribution in [3.05, 3.63) is 58.1 Å². The number of rotatable bonds is 3. The zero-order valence-corrected chi connectivity index (χ0v) is 11.1. The molecule has 0 heterocycles. The molecule has 18 heavy (non-hydrogen) atoms. The van der Waals surface area contributed by atoms with Crippen molar-refractivity contribution in [3.63, 3.8) is 0 Å². The molecule has 2 N–H and O–H groups in total. The second-order valence-electron chi connectivity index (χ2n) is 3.75. The summed E-state index contributed by atoms with van der Waals surface area (Å²) in [5.74, 6) is 0.587. The normalized spacial score (nSPS) is 9.78. The van der Waals surface area contributed by atoms with Crippen molar-refractivity contribution in [1.29, 1.82) is 5.26 Å². The van der Waals surface area contributed by atoms with E-state index in [2.05, 4.69) is 22.0 Å². The smallest absolute Gasteiger partial charge is 0.137 e. The van der Waals surface area contributed by atoms with E-state index in [1.54, 1.807) is 12.1 Å². The van der Waals surface area contributed by atoms with E-state index in [-0.39, 0.29) is 0 Å². The van der Waals surface area contributed by atoms with Gasteiger partial charge in [-0.2, -0.15) is 5.26 Å². The minimum Gasteiger partial charge on any atom is -0.487 e. The fourth-order valence-corrected chi connectivity index (χ4v) is 2.03. The van der Waals surface area contributed by atoms with Crippen LogP contribution in [0.4, 0.5) is 5.69 Å². The van der Waals surface area contributed by atoms with Crippen molar-refractivity contribution in [3.8, 4) is 11.8 Å². The molecule has 0 bridgehead atoms. The monoisotopic (exact) mass is 302 g/mol. The fourth-order valence-electron chi connectivity index (χ4n) is 1.52. The molecule has 0 radical (unpaired) electrons. The van der Waals surface area contributed by atoms with Gasteiger partial charge in [0.25, 0.3) is 0 Å². The van der Waals surface area contributed by atoms with E-state index in [0.717, 1.165) is 10.0 Å². The highest BCUT2D eigenvalue weighted by Gasteiger charge is 2.04. The molecule has 2 aromatic rings. The Labute approximate surface area is 114 Å². The van der Waals surface area contributed by atoms with Crippen LogP contribution in [-0.2, 0) is 6.61 Å². The molecule has 0 spiro atoms. The van der Waals surface area contributed by atoms with Crippen LogP contribution in [0.25, 0.3) is 0 Å². The molecule has 90 valence electrons. The van der Waals surface area contributed by atoms with Crippen LogP contribution in [0.1, 0.15) is 11.1 Å². The number of ether oxygens (including phenoxy) is 1. The van der Waals surface area contributed by atoms with Gasteiger partial charge in [0.1, 0.15) is 18.4 Å². The summed E-state index contributed by atoms with van der Waals surface area (Å²) in [5.41, 5.74) is 7.88. The van der Waals surface area contributed by atoms with Crippen molar-refractivity contribution in [2.45, 2.75) is 6.61 Å². The van der Waals surface area contributed by atoms with Gasteiger partial charge in [-0.1, -0.05) is 34.1 Å². The number of benzene rings is 2. The van der Waals surface area contributed by atoms with Crippen molar-refractivity contribution in [2.24, 2.45) is 0 Å². The predicted molar refractivity (Wildman–Crippen MR) is 74.0 cm³/mol. The van der Waals surface area contributed by atoms with E-state index < -0.39 is 0 Å². The van der Waals surface area contributed by atoms with E-state index in [4.69, 9.17) is 15.7 Å². The Morgan fingerprint density at radius 3 is 2.72 bits per heavy atom. The molecule has 0 saturated heterocycles. The van der Waals surface area contributed by atoms with Crippen molar-refractivity contribution in [1.82, 2.24) is 0 Å². The summed E-state index contributed by atoms with van der Waals surface area (Å²) < 4.78 is 6.54. The van der Waals surface area contributed by atoms with Gasteiger partial charge in [-0.3, -0.25) is 0 Å². The van der Waals surface area contributed by atoms with E-state index in [0.29, 0.717) is 23.6 Å². The molecule has 4 heteroatoms. The molecule has 0 fully saturated rings. The SMILES string of the molecule is N#Cc1ccccc1OCc1ccc(N)cc1Br. The minimum absolute atomic E-state index is 0.388. The number of nitrogens with two attached hydrogens (primary N) is 1. The molecular formula is C14H11BrN2O. The number of halogens is 1. The molecule has 0 aliphatic rings. The van der Waals surface area contributed by atoms with Gasteiger partial charge in [-0.15, -0.1) is 0 Å². The van der Waals surface area contributed by atoms with E-state index in [1.165, 1.54) is 0 Å². The molecule has 2 rings (SSSR count). The highest BCUT2D eigenvalue weighted by Crippen LogP contribution is 2.23. The Bertz CT molecular complexity index is 605. The van der Waals surface area contributed by atoms with Crippen LogP contribution >= 0.6 is 15.9 Å². The molecule has 0 atom stereocenters. The number of nitrogens with zero attached hydrogens (tertiary/aromatic N) is 1. The third-order valence-electron chi connectivity index (χ3n) is 2.47. The lowest BCUT2D eigenvalue weighted by Gasteiger charge is -2.09. The van der Waals surface area contributed by atoms with E-state index >= 15 is 0 Å². The first-order chi connectivity index (χ1) is 8.70. The van der Waals surface area contributed by atoms with Gasteiger partial charge in [-0.25, -0.2) is 0 Å². The van der Waals surface area contributed by atoms with Crippen molar-refractivity contribution in [2.75, 3.05) is 5.73 Å². The number of para-hydroxylation sites is 1. The molecule has 0 aliphatic carbocycles. The van der Waals surface area contributed by atoms with Crippen LogP contribution in [0, 0.1) is 11.3 Å². The number of nitrogen functional groups attached to an aromatic ring is 1. The Morgan fingerprint density at radius 2 is 2.00 bits per heavy atom. The summed E-state index contributed by atoms with van der Waals surface area (Å²) >= 11 is 3.43.